The Morgan fingerprint density at radius 3 is 2.37 bits per heavy atom. The Hall–Kier alpha value is -2.45. The topological polar surface area (TPSA) is 59.5 Å². The average molecular weight is 449 g/mol. The maximum atomic E-state index is 14.0. The van der Waals surface area contributed by atoms with Crippen molar-refractivity contribution in [2.24, 2.45) is 0 Å². The molecule has 30 heavy (non-hydrogen) atoms. The second kappa shape index (κ2) is 9.14. The van der Waals surface area contributed by atoms with Gasteiger partial charge in [0.15, 0.2) is 0 Å². The van der Waals surface area contributed by atoms with Gasteiger partial charge in [-0.05, 0) is 51.0 Å². The van der Waals surface area contributed by atoms with Gasteiger partial charge in [-0.25, -0.2) is 9.37 Å². The van der Waals surface area contributed by atoms with Crippen molar-refractivity contribution in [2.45, 2.75) is 44.8 Å². The summed E-state index contributed by atoms with van der Waals surface area (Å²) in [4.78, 5) is 4.12. The van der Waals surface area contributed by atoms with E-state index in [2.05, 4.69) is 4.98 Å². The predicted molar refractivity (Wildman–Crippen MR) is 119 cm³/mol. The Bertz CT molecular complexity index is 1110. The third kappa shape index (κ3) is 5.17. The minimum atomic E-state index is -4.04. The fourth-order valence-electron chi connectivity index (χ4n) is 2.89. The molecule has 0 bridgehead atoms. The van der Waals surface area contributed by atoms with Crippen LogP contribution in [0.4, 0.5) is 10.1 Å². The average Bonchev–Trinajstić information content (AvgIpc) is 3.13. The van der Waals surface area contributed by atoms with Crippen molar-refractivity contribution in [2.75, 3.05) is 10.8 Å². The zero-order valence-electron chi connectivity index (χ0n) is 17.4. The molecule has 2 aromatic carbocycles. The van der Waals surface area contributed by atoms with Gasteiger partial charge in [-0.1, -0.05) is 35.9 Å². The summed E-state index contributed by atoms with van der Waals surface area (Å²) in [5, 5.41) is 1.66. The molecule has 1 atom stereocenters. The summed E-state index contributed by atoms with van der Waals surface area (Å²) in [6, 6.07) is 13.1. The highest BCUT2D eigenvalue weighted by atomic mass is 32.2. The van der Waals surface area contributed by atoms with Crippen LogP contribution in [-0.2, 0) is 16.6 Å². The molecular weight excluding hydrogens is 423 g/mol. The molecule has 3 aromatic rings. The molecule has 0 aliphatic heterocycles. The van der Waals surface area contributed by atoms with Crippen LogP contribution in [0.1, 0.15) is 29.3 Å². The van der Waals surface area contributed by atoms with Gasteiger partial charge < -0.3 is 4.74 Å². The number of rotatable bonds is 8. The van der Waals surface area contributed by atoms with Gasteiger partial charge in [0.2, 0.25) is 4.34 Å². The standard InChI is InChI=1S/C22H25FN2O3S2/c1-15-5-8-19(9-6-15)13-28-21-10-7-16(2)11-20(21)25(12-17(3)23)30(26,27)22-24-18(4)14-29-22/h5-11,14,17H,12-13H2,1-4H3. The van der Waals surface area contributed by atoms with Crippen LogP contribution in [0.3, 0.4) is 0 Å². The van der Waals surface area contributed by atoms with Gasteiger partial charge in [-0.2, -0.15) is 8.42 Å². The largest absolute Gasteiger partial charge is 0.487 e. The van der Waals surface area contributed by atoms with Crippen molar-refractivity contribution in [3.05, 3.63) is 70.2 Å². The van der Waals surface area contributed by atoms with E-state index in [1.165, 1.54) is 6.92 Å². The van der Waals surface area contributed by atoms with Crippen molar-refractivity contribution in [3.8, 4) is 5.75 Å². The fraction of sp³-hybridized carbons (Fsp3) is 0.318. The molecule has 1 unspecified atom stereocenters. The Morgan fingerprint density at radius 2 is 1.77 bits per heavy atom. The van der Waals surface area contributed by atoms with Crippen molar-refractivity contribution in [3.63, 3.8) is 0 Å². The third-order valence-electron chi connectivity index (χ3n) is 4.42. The number of thiazole rings is 1. The second-order valence-corrected chi connectivity index (χ2v) is 10.2. The zero-order chi connectivity index (χ0) is 21.9. The molecule has 0 amide bonds. The summed E-state index contributed by atoms with van der Waals surface area (Å²) in [6.07, 6.45) is -1.37. The molecule has 8 heteroatoms. The Morgan fingerprint density at radius 1 is 1.10 bits per heavy atom. The smallest absolute Gasteiger partial charge is 0.291 e. The van der Waals surface area contributed by atoms with Crippen LogP contribution in [0.5, 0.6) is 5.75 Å². The van der Waals surface area contributed by atoms with E-state index in [9.17, 15) is 12.8 Å². The number of ether oxygens (including phenoxy) is 1. The molecule has 0 radical (unpaired) electrons. The number of nitrogens with zero attached hydrogens (tertiary/aromatic N) is 2. The highest BCUT2D eigenvalue weighted by Crippen LogP contribution is 2.35. The minimum Gasteiger partial charge on any atom is -0.487 e. The first-order valence-corrected chi connectivity index (χ1v) is 11.9. The molecule has 0 saturated carbocycles. The van der Waals surface area contributed by atoms with Gasteiger partial charge in [-0.3, -0.25) is 4.31 Å². The van der Waals surface area contributed by atoms with E-state index in [1.807, 2.05) is 44.2 Å². The quantitative estimate of drug-likeness (QED) is 0.475. The number of aromatic nitrogens is 1. The number of sulfonamides is 1. The van der Waals surface area contributed by atoms with Gasteiger partial charge in [0.05, 0.1) is 12.2 Å². The van der Waals surface area contributed by atoms with Gasteiger partial charge in [0.1, 0.15) is 18.5 Å². The SMILES string of the molecule is Cc1ccc(COc2ccc(C)cc2N(CC(C)F)S(=O)(=O)c2nc(C)cs2)cc1. The fourth-order valence-corrected chi connectivity index (χ4v) is 5.56. The minimum absolute atomic E-state index is 0.0633. The van der Waals surface area contributed by atoms with Crippen LogP contribution in [0.15, 0.2) is 52.2 Å². The van der Waals surface area contributed by atoms with Crippen molar-refractivity contribution in [1.29, 1.82) is 0 Å². The van der Waals surface area contributed by atoms with Gasteiger partial charge in [0.25, 0.3) is 10.0 Å². The first-order chi connectivity index (χ1) is 14.2. The molecule has 1 heterocycles. The maximum absolute atomic E-state index is 14.0. The first-order valence-electron chi connectivity index (χ1n) is 9.55. The van der Waals surface area contributed by atoms with Crippen LogP contribution in [0.2, 0.25) is 0 Å². The Balaban J connectivity index is 2.00. The van der Waals surface area contributed by atoms with Crippen LogP contribution < -0.4 is 9.04 Å². The lowest BCUT2D eigenvalue weighted by atomic mass is 10.1. The number of hydrogen-bond donors (Lipinski definition) is 0. The van der Waals surface area contributed by atoms with E-state index in [4.69, 9.17) is 4.74 Å². The number of hydrogen-bond acceptors (Lipinski definition) is 5. The van der Waals surface area contributed by atoms with Crippen molar-refractivity contribution in [1.82, 2.24) is 4.98 Å². The molecule has 160 valence electrons. The molecule has 0 saturated heterocycles. The van der Waals surface area contributed by atoms with Crippen molar-refractivity contribution < 1.29 is 17.5 Å². The van der Waals surface area contributed by atoms with E-state index in [-0.39, 0.29) is 17.5 Å². The molecule has 0 fully saturated rings. The first kappa shape index (κ1) is 22.2. The normalized spacial score (nSPS) is 12.6. The van der Waals surface area contributed by atoms with E-state index < -0.39 is 16.2 Å². The highest BCUT2D eigenvalue weighted by molar-refractivity contribution is 7.94. The van der Waals surface area contributed by atoms with Crippen molar-refractivity contribution >= 4 is 27.0 Å². The van der Waals surface area contributed by atoms with Crippen LogP contribution in [0, 0.1) is 20.8 Å². The zero-order valence-corrected chi connectivity index (χ0v) is 19.1. The Labute approximate surface area is 181 Å². The summed E-state index contributed by atoms with van der Waals surface area (Å²) in [7, 11) is -4.04. The lowest BCUT2D eigenvalue weighted by Crippen LogP contribution is -2.36. The molecule has 1 aromatic heterocycles. The number of halogens is 1. The van der Waals surface area contributed by atoms with Gasteiger partial charge in [-0.15, -0.1) is 11.3 Å². The van der Waals surface area contributed by atoms with Gasteiger partial charge >= 0.3 is 0 Å². The summed E-state index contributed by atoms with van der Waals surface area (Å²) in [5.41, 5.74) is 3.85. The monoisotopic (exact) mass is 448 g/mol. The number of alkyl halides is 1. The second-order valence-electron chi connectivity index (χ2n) is 7.32. The lowest BCUT2D eigenvalue weighted by Gasteiger charge is -2.26. The van der Waals surface area contributed by atoms with E-state index in [0.717, 1.165) is 32.3 Å². The number of aryl methyl sites for hydroxylation is 3. The van der Waals surface area contributed by atoms with E-state index in [0.29, 0.717) is 17.1 Å². The number of anilines is 1. The summed E-state index contributed by atoms with van der Waals surface area (Å²) >= 11 is 1.02. The number of benzene rings is 2. The third-order valence-corrected chi connectivity index (χ3v) is 7.56. The van der Waals surface area contributed by atoms with E-state index >= 15 is 0 Å². The highest BCUT2D eigenvalue weighted by Gasteiger charge is 2.31. The molecule has 3 rings (SSSR count). The van der Waals surface area contributed by atoms with Crippen LogP contribution in [0.25, 0.3) is 0 Å². The molecular formula is C22H25FN2O3S2. The van der Waals surface area contributed by atoms with Crippen LogP contribution >= 0.6 is 11.3 Å². The maximum Gasteiger partial charge on any atom is 0.291 e. The molecule has 0 N–H and O–H groups in total. The van der Waals surface area contributed by atoms with Crippen LogP contribution in [-0.4, -0.2) is 26.1 Å². The summed E-state index contributed by atoms with van der Waals surface area (Å²) in [6.45, 7) is 6.85. The predicted octanol–water partition coefficient (Wildman–Crippen LogP) is 5.20. The molecule has 0 aliphatic carbocycles. The molecule has 0 aliphatic rings. The molecule has 5 nitrogen and oxygen atoms in total. The Kier molecular flexibility index (Phi) is 6.77. The summed E-state index contributed by atoms with van der Waals surface area (Å²) < 4.78 is 47.6. The lowest BCUT2D eigenvalue weighted by molar-refractivity contribution is 0.306. The molecule has 0 spiro atoms. The van der Waals surface area contributed by atoms with E-state index in [1.54, 1.807) is 24.4 Å². The van der Waals surface area contributed by atoms with Gasteiger partial charge in [0, 0.05) is 11.1 Å². The summed E-state index contributed by atoms with van der Waals surface area (Å²) in [5.74, 6) is 0.374.